The molecule has 154 valence electrons. The summed E-state index contributed by atoms with van der Waals surface area (Å²) >= 11 is 1.53. The van der Waals surface area contributed by atoms with E-state index >= 15 is 0 Å². The molecule has 1 amide bonds. The number of rotatable bonds is 8. The summed E-state index contributed by atoms with van der Waals surface area (Å²) in [5, 5.41) is 2.68. The molecule has 0 fully saturated rings. The second-order valence-electron chi connectivity index (χ2n) is 6.89. The number of benzene rings is 3. The van der Waals surface area contributed by atoms with Gasteiger partial charge in [0.2, 0.25) is 5.91 Å². The van der Waals surface area contributed by atoms with Gasteiger partial charge in [0.05, 0.1) is 0 Å². The van der Waals surface area contributed by atoms with Gasteiger partial charge < -0.3 is 10.1 Å². The van der Waals surface area contributed by atoms with Gasteiger partial charge in [0.25, 0.3) is 0 Å². The van der Waals surface area contributed by atoms with Gasteiger partial charge in [-0.1, -0.05) is 60.7 Å². The van der Waals surface area contributed by atoms with E-state index in [1.54, 1.807) is 12.4 Å². The van der Waals surface area contributed by atoms with Crippen molar-refractivity contribution in [3.63, 3.8) is 0 Å². The van der Waals surface area contributed by atoms with E-state index in [-0.39, 0.29) is 11.2 Å². The van der Waals surface area contributed by atoms with Gasteiger partial charge >= 0.3 is 0 Å². The average molecular weight is 427 g/mol. The summed E-state index contributed by atoms with van der Waals surface area (Å²) < 4.78 is 5.86. The predicted molar refractivity (Wildman–Crippen MR) is 125 cm³/mol. The summed E-state index contributed by atoms with van der Waals surface area (Å²) in [6, 6.07) is 31.1. The monoisotopic (exact) mass is 426 g/mol. The molecule has 5 heteroatoms. The minimum Gasteiger partial charge on any atom is -0.489 e. The standard InChI is InChI=1S/C26H22N2O2S/c29-26(25(21-10-3-1-4-11-21)31-24-14-5-2-6-15-24)28-22-12-7-13-23(17-22)30-19-20-9-8-16-27-18-20/h1-18,25H,19H2,(H,28,29). The molecule has 4 nitrogen and oxygen atoms in total. The number of anilines is 1. The Labute approximate surface area is 186 Å². The van der Waals surface area contributed by atoms with E-state index in [0.717, 1.165) is 16.0 Å². The highest BCUT2D eigenvalue weighted by molar-refractivity contribution is 8.00. The van der Waals surface area contributed by atoms with Gasteiger partial charge in [0, 0.05) is 34.6 Å². The van der Waals surface area contributed by atoms with Crippen LogP contribution in [0.5, 0.6) is 5.75 Å². The molecule has 3 aromatic carbocycles. The molecule has 1 N–H and O–H groups in total. The molecule has 0 spiro atoms. The molecule has 0 aliphatic heterocycles. The van der Waals surface area contributed by atoms with Gasteiger partial charge in [-0.3, -0.25) is 9.78 Å². The molecule has 0 bridgehead atoms. The van der Waals surface area contributed by atoms with E-state index in [1.165, 1.54) is 11.8 Å². The number of thioether (sulfide) groups is 1. The maximum absolute atomic E-state index is 13.2. The Morgan fingerprint density at radius 3 is 2.42 bits per heavy atom. The molecule has 1 aromatic heterocycles. The third-order valence-corrected chi connectivity index (χ3v) is 5.83. The van der Waals surface area contributed by atoms with Crippen LogP contribution in [-0.2, 0) is 11.4 Å². The van der Waals surface area contributed by atoms with Crippen LogP contribution in [0.4, 0.5) is 5.69 Å². The number of aromatic nitrogens is 1. The number of hydrogen-bond donors (Lipinski definition) is 1. The molecule has 4 rings (SSSR count). The first kappa shape index (κ1) is 20.7. The van der Waals surface area contributed by atoms with Crippen LogP contribution in [0.2, 0.25) is 0 Å². The van der Waals surface area contributed by atoms with E-state index in [9.17, 15) is 4.79 Å². The van der Waals surface area contributed by atoms with Crippen molar-refractivity contribution in [3.8, 4) is 5.75 Å². The van der Waals surface area contributed by atoms with Crippen molar-refractivity contribution in [1.29, 1.82) is 0 Å². The molecule has 0 aliphatic carbocycles. The Hall–Kier alpha value is -3.57. The van der Waals surface area contributed by atoms with Crippen molar-refractivity contribution < 1.29 is 9.53 Å². The summed E-state index contributed by atoms with van der Waals surface area (Å²) in [7, 11) is 0. The summed E-state index contributed by atoms with van der Waals surface area (Å²) in [4.78, 5) is 18.4. The lowest BCUT2D eigenvalue weighted by Crippen LogP contribution is -2.19. The smallest absolute Gasteiger partial charge is 0.242 e. The van der Waals surface area contributed by atoms with Crippen molar-refractivity contribution in [1.82, 2.24) is 4.98 Å². The zero-order valence-electron chi connectivity index (χ0n) is 16.8. The highest BCUT2D eigenvalue weighted by Crippen LogP contribution is 2.36. The van der Waals surface area contributed by atoms with E-state index in [2.05, 4.69) is 10.3 Å². The normalized spacial score (nSPS) is 11.5. The second kappa shape index (κ2) is 10.5. The first-order valence-electron chi connectivity index (χ1n) is 9.97. The number of carbonyl (C=O) groups excluding carboxylic acids is 1. The van der Waals surface area contributed by atoms with Crippen molar-refractivity contribution >= 4 is 23.4 Å². The minimum atomic E-state index is -0.372. The Morgan fingerprint density at radius 2 is 1.68 bits per heavy atom. The summed E-state index contributed by atoms with van der Waals surface area (Å²) in [6.07, 6.45) is 3.51. The third-order valence-electron chi connectivity index (χ3n) is 4.57. The molecule has 31 heavy (non-hydrogen) atoms. The molecule has 1 unspecified atom stereocenters. The quantitative estimate of drug-likeness (QED) is 0.344. The van der Waals surface area contributed by atoms with Crippen LogP contribution in [-0.4, -0.2) is 10.9 Å². The molecule has 1 atom stereocenters. The van der Waals surface area contributed by atoms with Gasteiger partial charge in [-0.25, -0.2) is 0 Å². The van der Waals surface area contributed by atoms with Crippen molar-refractivity contribution in [3.05, 3.63) is 121 Å². The molecule has 0 saturated heterocycles. The van der Waals surface area contributed by atoms with Crippen molar-refractivity contribution in [2.45, 2.75) is 16.8 Å². The predicted octanol–water partition coefficient (Wildman–Crippen LogP) is 6.13. The van der Waals surface area contributed by atoms with Gasteiger partial charge in [-0.15, -0.1) is 11.8 Å². The van der Waals surface area contributed by atoms with Crippen LogP contribution in [0.3, 0.4) is 0 Å². The fourth-order valence-electron chi connectivity index (χ4n) is 3.06. The molecular formula is C26H22N2O2S. The Balaban J connectivity index is 1.48. The van der Waals surface area contributed by atoms with Crippen LogP contribution in [0.25, 0.3) is 0 Å². The maximum Gasteiger partial charge on any atom is 0.242 e. The minimum absolute atomic E-state index is 0.0792. The van der Waals surface area contributed by atoms with Crippen LogP contribution in [0.15, 0.2) is 114 Å². The summed E-state index contributed by atoms with van der Waals surface area (Å²) in [5.74, 6) is 0.609. The Bertz CT molecular complexity index is 1110. The average Bonchev–Trinajstić information content (AvgIpc) is 2.83. The van der Waals surface area contributed by atoms with Gasteiger partial charge in [-0.05, 0) is 35.9 Å². The Kier molecular flexibility index (Phi) is 6.98. The zero-order valence-corrected chi connectivity index (χ0v) is 17.7. The van der Waals surface area contributed by atoms with Gasteiger partial charge in [0.1, 0.15) is 17.6 Å². The SMILES string of the molecule is O=C(Nc1cccc(OCc2cccnc2)c1)C(Sc1ccccc1)c1ccccc1. The van der Waals surface area contributed by atoms with Gasteiger partial charge in [-0.2, -0.15) is 0 Å². The first-order chi connectivity index (χ1) is 15.3. The number of hydrogen-bond acceptors (Lipinski definition) is 4. The van der Waals surface area contributed by atoms with E-state index < -0.39 is 0 Å². The molecular weight excluding hydrogens is 404 g/mol. The number of carbonyl (C=O) groups is 1. The molecule has 4 aromatic rings. The van der Waals surface area contributed by atoms with Crippen LogP contribution < -0.4 is 10.1 Å². The summed E-state index contributed by atoms with van der Waals surface area (Å²) in [5.41, 5.74) is 2.64. The van der Waals surface area contributed by atoms with Crippen LogP contribution >= 0.6 is 11.8 Å². The zero-order chi connectivity index (χ0) is 21.3. The third kappa shape index (κ3) is 5.96. The van der Waals surface area contributed by atoms with Crippen molar-refractivity contribution in [2.75, 3.05) is 5.32 Å². The number of nitrogens with zero attached hydrogens (tertiary/aromatic N) is 1. The lowest BCUT2D eigenvalue weighted by atomic mass is 10.1. The summed E-state index contributed by atoms with van der Waals surface area (Å²) in [6.45, 7) is 0.418. The highest BCUT2D eigenvalue weighted by atomic mass is 32.2. The van der Waals surface area contributed by atoms with Crippen LogP contribution in [0.1, 0.15) is 16.4 Å². The van der Waals surface area contributed by atoms with E-state index in [4.69, 9.17) is 4.74 Å². The lowest BCUT2D eigenvalue weighted by molar-refractivity contribution is -0.115. The molecule has 1 heterocycles. The number of nitrogens with one attached hydrogen (secondary N) is 1. The Morgan fingerprint density at radius 1 is 0.903 bits per heavy atom. The highest BCUT2D eigenvalue weighted by Gasteiger charge is 2.22. The first-order valence-corrected chi connectivity index (χ1v) is 10.9. The van der Waals surface area contributed by atoms with Gasteiger partial charge in [0.15, 0.2) is 0 Å². The number of pyridine rings is 1. The molecule has 0 radical (unpaired) electrons. The second-order valence-corrected chi connectivity index (χ2v) is 8.07. The van der Waals surface area contributed by atoms with E-state index in [0.29, 0.717) is 18.0 Å². The largest absolute Gasteiger partial charge is 0.489 e. The van der Waals surface area contributed by atoms with Crippen molar-refractivity contribution in [2.24, 2.45) is 0 Å². The molecule has 0 saturated carbocycles. The molecule has 0 aliphatic rings. The fourth-order valence-corrected chi connectivity index (χ4v) is 4.10. The van der Waals surface area contributed by atoms with E-state index in [1.807, 2.05) is 97.1 Å². The number of amides is 1. The number of ether oxygens (including phenoxy) is 1. The lowest BCUT2D eigenvalue weighted by Gasteiger charge is -2.17. The fraction of sp³-hybridized carbons (Fsp3) is 0.0769. The van der Waals surface area contributed by atoms with Crippen LogP contribution in [0, 0.1) is 0 Å². The maximum atomic E-state index is 13.2. The topological polar surface area (TPSA) is 51.2 Å².